The molecule has 142 valence electrons. The number of sulfonamides is 2. The molecule has 2 rings (SSSR count). The van der Waals surface area contributed by atoms with E-state index in [-0.39, 0.29) is 34.2 Å². The Hall–Kier alpha value is -1.36. The first-order chi connectivity index (χ1) is 11.7. The van der Waals surface area contributed by atoms with Crippen molar-refractivity contribution in [2.45, 2.75) is 43.7 Å². The number of hydrogen-bond donors (Lipinski definition) is 3. The van der Waals surface area contributed by atoms with Gasteiger partial charge in [-0.15, -0.1) is 0 Å². The molecule has 2 atom stereocenters. The van der Waals surface area contributed by atoms with E-state index < -0.39 is 20.0 Å². The number of methoxy groups -OCH3 is 1. The molecule has 1 aromatic rings. The van der Waals surface area contributed by atoms with Crippen LogP contribution >= 0.6 is 0 Å². The second-order valence-corrected chi connectivity index (χ2v) is 9.68. The molecule has 8 nitrogen and oxygen atoms in total. The maximum atomic E-state index is 12.7. The van der Waals surface area contributed by atoms with Crippen molar-refractivity contribution in [3.05, 3.63) is 18.2 Å². The fourth-order valence-electron chi connectivity index (χ4n) is 2.67. The zero-order chi connectivity index (χ0) is 18.7. The van der Waals surface area contributed by atoms with Crippen molar-refractivity contribution in [3.63, 3.8) is 0 Å². The Bertz CT molecular complexity index is 808. The van der Waals surface area contributed by atoms with E-state index in [0.29, 0.717) is 0 Å². The molecule has 0 aliphatic carbocycles. The van der Waals surface area contributed by atoms with Gasteiger partial charge < -0.3 is 10.1 Å². The maximum Gasteiger partial charge on any atom is 0.244 e. The molecule has 1 heterocycles. The summed E-state index contributed by atoms with van der Waals surface area (Å²) < 4.78 is 59.0. The van der Waals surface area contributed by atoms with Gasteiger partial charge in [-0.2, -0.15) is 0 Å². The van der Waals surface area contributed by atoms with Crippen LogP contribution in [0.3, 0.4) is 0 Å². The topological polar surface area (TPSA) is 114 Å². The highest BCUT2D eigenvalue weighted by Gasteiger charge is 2.28. The summed E-state index contributed by atoms with van der Waals surface area (Å²) in [4.78, 5) is -0.0211. The first kappa shape index (κ1) is 20.0. The van der Waals surface area contributed by atoms with Crippen LogP contribution in [0, 0.1) is 0 Å². The summed E-state index contributed by atoms with van der Waals surface area (Å²) in [7, 11) is -5.90. The van der Waals surface area contributed by atoms with E-state index >= 15 is 0 Å². The van der Waals surface area contributed by atoms with Gasteiger partial charge in [0.1, 0.15) is 10.6 Å². The molecule has 1 aliphatic rings. The summed E-state index contributed by atoms with van der Waals surface area (Å²) in [5.41, 5.74) is 0.255. The minimum atomic E-state index is -3.79. The van der Waals surface area contributed by atoms with E-state index in [9.17, 15) is 16.8 Å². The Morgan fingerprint density at radius 3 is 2.60 bits per heavy atom. The predicted molar refractivity (Wildman–Crippen MR) is 96.9 cm³/mol. The second-order valence-electron chi connectivity index (χ2n) is 5.98. The zero-order valence-electron chi connectivity index (χ0n) is 14.6. The highest BCUT2D eigenvalue weighted by atomic mass is 32.2. The molecular formula is C15H25N3O5S2. The van der Waals surface area contributed by atoms with Crippen LogP contribution in [0.4, 0.5) is 5.69 Å². The van der Waals surface area contributed by atoms with E-state index in [4.69, 9.17) is 4.74 Å². The third-order valence-corrected chi connectivity index (χ3v) is 7.01. The van der Waals surface area contributed by atoms with Crippen LogP contribution in [0.1, 0.15) is 26.7 Å². The van der Waals surface area contributed by atoms with Gasteiger partial charge in [0.15, 0.2) is 0 Å². The Kier molecular flexibility index (Phi) is 6.30. The molecular weight excluding hydrogens is 366 g/mol. The van der Waals surface area contributed by atoms with Crippen molar-refractivity contribution in [2.24, 2.45) is 0 Å². The Morgan fingerprint density at radius 2 is 2.00 bits per heavy atom. The molecule has 0 radical (unpaired) electrons. The standard InChI is InChI=1S/C15H25N3O5S2/c1-4-24(19,20)17-12-7-8-15(14(10-12)23-3)25(21,22)18-13-6-5-9-16-11(13)2/h7-8,10-11,13,16-18H,4-6,9H2,1-3H3. The normalized spacial score (nSPS) is 21.7. The number of anilines is 1. The third-order valence-electron chi connectivity index (χ3n) is 4.17. The number of piperidine rings is 1. The van der Waals surface area contributed by atoms with Gasteiger partial charge >= 0.3 is 0 Å². The number of nitrogens with one attached hydrogen (secondary N) is 3. The summed E-state index contributed by atoms with van der Waals surface area (Å²) in [5.74, 6) is 0.00367. The highest BCUT2D eigenvalue weighted by Crippen LogP contribution is 2.28. The number of hydrogen-bond acceptors (Lipinski definition) is 6. The third kappa shape index (κ3) is 5.06. The summed E-state index contributed by atoms with van der Waals surface area (Å²) in [6.45, 7) is 4.32. The van der Waals surface area contributed by atoms with Crippen molar-refractivity contribution in [2.75, 3.05) is 24.1 Å². The van der Waals surface area contributed by atoms with Crippen LogP contribution in [-0.4, -0.2) is 48.3 Å². The smallest absolute Gasteiger partial charge is 0.244 e. The molecule has 0 bridgehead atoms. The lowest BCUT2D eigenvalue weighted by atomic mass is 10.0. The lowest BCUT2D eigenvalue weighted by molar-refractivity contribution is 0.348. The second kappa shape index (κ2) is 7.90. The first-order valence-corrected chi connectivity index (χ1v) is 11.3. The van der Waals surface area contributed by atoms with E-state index in [1.807, 2.05) is 6.92 Å². The number of rotatable bonds is 7. The molecule has 1 aliphatic heterocycles. The highest BCUT2D eigenvalue weighted by molar-refractivity contribution is 7.92. The van der Waals surface area contributed by atoms with Gasteiger partial charge in [-0.05, 0) is 45.4 Å². The van der Waals surface area contributed by atoms with Crippen LogP contribution in [0.15, 0.2) is 23.1 Å². The lowest BCUT2D eigenvalue weighted by Crippen LogP contribution is -2.51. The van der Waals surface area contributed by atoms with Gasteiger partial charge in [0.25, 0.3) is 0 Å². The van der Waals surface area contributed by atoms with Crippen molar-refractivity contribution < 1.29 is 21.6 Å². The fraction of sp³-hybridized carbons (Fsp3) is 0.600. The Morgan fingerprint density at radius 1 is 1.28 bits per heavy atom. The molecule has 0 amide bonds. The summed E-state index contributed by atoms with van der Waals surface area (Å²) in [6, 6.07) is 3.94. The van der Waals surface area contributed by atoms with Gasteiger partial charge in [-0.3, -0.25) is 4.72 Å². The minimum absolute atomic E-state index is 0.0211. The van der Waals surface area contributed by atoms with E-state index in [1.54, 1.807) is 0 Å². The summed E-state index contributed by atoms with van der Waals surface area (Å²) in [5, 5.41) is 3.24. The van der Waals surface area contributed by atoms with Gasteiger partial charge in [-0.25, -0.2) is 21.6 Å². The average molecular weight is 392 g/mol. The van der Waals surface area contributed by atoms with Gasteiger partial charge in [-0.1, -0.05) is 0 Å². The predicted octanol–water partition coefficient (Wildman–Crippen LogP) is 0.876. The minimum Gasteiger partial charge on any atom is -0.495 e. The van der Waals surface area contributed by atoms with E-state index in [0.717, 1.165) is 19.4 Å². The van der Waals surface area contributed by atoms with E-state index in [1.165, 1.54) is 32.2 Å². The monoisotopic (exact) mass is 391 g/mol. The fourth-order valence-corrected chi connectivity index (χ4v) is 4.80. The molecule has 1 aromatic carbocycles. The zero-order valence-corrected chi connectivity index (χ0v) is 16.2. The molecule has 3 N–H and O–H groups in total. The maximum absolute atomic E-state index is 12.7. The molecule has 25 heavy (non-hydrogen) atoms. The molecule has 1 saturated heterocycles. The number of benzene rings is 1. The van der Waals surface area contributed by atoms with Gasteiger partial charge in [0.05, 0.1) is 18.6 Å². The summed E-state index contributed by atoms with van der Waals surface area (Å²) in [6.07, 6.45) is 1.65. The van der Waals surface area contributed by atoms with Crippen LogP contribution in [0.2, 0.25) is 0 Å². The Labute approximate surface area is 149 Å². The van der Waals surface area contributed by atoms with Gasteiger partial charge in [0.2, 0.25) is 20.0 Å². The van der Waals surface area contributed by atoms with Crippen molar-refractivity contribution in [3.8, 4) is 5.75 Å². The first-order valence-electron chi connectivity index (χ1n) is 8.13. The van der Waals surface area contributed by atoms with Crippen LogP contribution in [0.25, 0.3) is 0 Å². The van der Waals surface area contributed by atoms with Crippen LogP contribution in [-0.2, 0) is 20.0 Å². The van der Waals surface area contributed by atoms with Gasteiger partial charge in [0, 0.05) is 18.2 Å². The quantitative estimate of drug-likeness (QED) is 0.636. The summed E-state index contributed by atoms with van der Waals surface area (Å²) >= 11 is 0. The van der Waals surface area contributed by atoms with Crippen molar-refractivity contribution >= 4 is 25.7 Å². The molecule has 1 fully saturated rings. The van der Waals surface area contributed by atoms with Crippen molar-refractivity contribution in [1.82, 2.24) is 10.0 Å². The molecule has 10 heteroatoms. The average Bonchev–Trinajstić information content (AvgIpc) is 2.56. The molecule has 0 saturated carbocycles. The van der Waals surface area contributed by atoms with Crippen LogP contribution < -0.4 is 19.5 Å². The van der Waals surface area contributed by atoms with E-state index in [2.05, 4.69) is 14.8 Å². The van der Waals surface area contributed by atoms with Crippen molar-refractivity contribution in [1.29, 1.82) is 0 Å². The molecule has 0 aromatic heterocycles. The lowest BCUT2D eigenvalue weighted by Gasteiger charge is -2.30. The SMILES string of the molecule is CCS(=O)(=O)Nc1ccc(S(=O)(=O)NC2CCCNC2C)c(OC)c1. The largest absolute Gasteiger partial charge is 0.495 e. The Balaban J connectivity index is 2.28. The molecule has 2 unspecified atom stereocenters. The number of ether oxygens (including phenoxy) is 1. The van der Waals surface area contributed by atoms with Crippen LogP contribution in [0.5, 0.6) is 5.75 Å². The molecule has 0 spiro atoms.